The van der Waals surface area contributed by atoms with Gasteiger partial charge in [0.15, 0.2) is 0 Å². The van der Waals surface area contributed by atoms with Gasteiger partial charge in [0.1, 0.15) is 24.4 Å². The maximum atomic E-state index is 13.6. The third kappa shape index (κ3) is 12.4. The van der Waals surface area contributed by atoms with Crippen LogP contribution in [0.4, 0.5) is 4.79 Å². The highest BCUT2D eigenvalue weighted by Gasteiger charge is 2.28. The zero-order valence-corrected chi connectivity index (χ0v) is 27.4. The highest BCUT2D eigenvalue weighted by molar-refractivity contribution is 5.91. The average molecular weight is 659 g/mol. The Hall–Kier alpha value is -4.90. The van der Waals surface area contributed by atoms with Gasteiger partial charge in [-0.2, -0.15) is 0 Å². The number of carbonyl (C=O) groups excluding carboxylic acids is 3. The van der Waals surface area contributed by atoms with Crippen LogP contribution in [-0.4, -0.2) is 60.8 Å². The lowest BCUT2D eigenvalue weighted by atomic mass is 10.0. The molecule has 3 amide bonds. The van der Waals surface area contributed by atoms with Crippen LogP contribution in [-0.2, 0) is 38.7 Å². The number of benzene rings is 3. The number of hydrogen-bond donors (Lipinski definition) is 5. The molecule has 0 aromatic heterocycles. The minimum Gasteiger partial charge on any atom is -0.494 e. The molecule has 0 saturated carbocycles. The molecule has 1 aliphatic rings. The van der Waals surface area contributed by atoms with Crippen molar-refractivity contribution in [2.75, 3.05) is 19.7 Å². The molecule has 3 aromatic carbocycles. The molecule has 3 aromatic rings. The van der Waals surface area contributed by atoms with Crippen LogP contribution >= 0.6 is 0 Å². The van der Waals surface area contributed by atoms with Crippen molar-refractivity contribution in [1.82, 2.24) is 21.3 Å². The van der Waals surface area contributed by atoms with Crippen molar-refractivity contribution >= 4 is 23.9 Å². The standard InChI is InChI=1S/C37H46N4O7/c1-26-12-14-31(47-21-19-28-18-20-38-23-28)22-30(26)24-39-35(44)32(15-13-27-8-4-2-5-9-27)40-36(45)33(16-17-34(42)43)41-37(46)48-25-29-10-6-3-7-11-29/h2-12,14,22,28,32-33,38H,13,15-21,23-25H2,1H3,(H,39,44)(H,40,45)(H,41,46)(H,42,43)/t28?,32?,33-/m0/s1. The summed E-state index contributed by atoms with van der Waals surface area (Å²) in [4.78, 5) is 51.0. The number of carboxylic acids is 1. The second-order valence-corrected chi connectivity index (χ2v) is 12.1. The molecule has 1 heterocycles. The molecule has 0 aliphatic carbocycles. The number of amides is 3. The SMILES string of the molecule is Cc1ccc(OCCC2CCNC2)cc1CNC(=O)C(CCc1ccccc1)NC(=O)[C@H](CCC(=O)O)NC(=O)OCc1ccccc1. The number of carboxylic acid groups (broad SMARTS) is 1. The van der Waals surface area contributed by atoms with Crippen molar-refractivity contribution in [3.8, 4) is 5.75 Å². The van der Waals surface area contributed by atoms with Crippen LogP contribution in [0, 0.1) is 12.8 Å². The number of nitrogens with one attached hydrogen (secondary N) is 4. The highest BCUT2D eigenvalue weighted by atomic mass is 16.5. The minimum absolute atomic E-state index is 0.0221. The van der Waals surface area contributed by atoms with Gasteiger partial charge in [-0.1, -0.05) is 66.7 Å². The number of alkyl carbamates (subject to hydrolysis) is 1. The molecule has 4 rings (SSSR count). The van der Waals surface area contributed by atoms with Gasteiger partial charge in [0, 0.05) is 13.0 Å². The number of aliphatic carboxylic acids is 1. The monoisotopic (exact) mass is 658 g/mol. The van der Waals surface area contributed by atoms with E-state index in [1.807, 2.05) is 73.7 Å². The molecule has 1 saturated heterocycles. The number of carbonyl (C=O) groups is 4. The van der Waals surface area contributed by atoms with E-state index in [4.69, 9.17) is 9.47 Å². The van der Waals surface area contributed by atoms with E-state index in [2.05, 4.69) is 21.3 Å². The van der Waals surface area contributed by atoms with Gasteiger partial charge < -0.3 is 35.8 Å². The number of rotatable bonds is 18. The first-order chi connectivity index (χ1) is 23.3. The molecule has 0 radical (unpaired) electrons. The lowest BCUT2D eigenvalue weighted by Gasteiger charge is -2.23. The van der Waals surface area contributed by atoms with Crippen LogP contribution in [0.1, 0.15) is 54.4 Å². The molecule has 11 nitrogen and oxygen atoms in total. The minimum atomic E-state index is -1.23. The number of ether oxygens (including phenoxy) is 2. The van der Waals surface area contributed by atoms with Crippen LogP contribution in [0.3, 0.4) is 0 Å². The first-order valence-electron chi connectivity index (χ1n) is 16.5. The lowest BCUT2D eigenvalue weighted by molar-refractivity contribution is -0.137. The predicted molar refractivity (Wildman–Crippen MR) is 181 cm³/mol. The van der Waals surface area contributed by atoms with Crippen LogP contribution in [0.5, 0.6) is 5.75 Å². The Bertz CT molecular complexity index is 1480. The number of hydrogen-bond acceptors (Lipinski definition) is 7. The summed E-state index contributed by atoms with van der Waals surface area (Å²) in [6.07, 6.45) is 1.50. The van der Waals surface area contributed by atoms with Gasteiger partial charge in [0.05, 0.1) is 6.61 Å². The normalized spacial score (nSPS) is 15.1. The molecule has 256 valence electrons. The van der Waals surface area contributed by atoms with Crippen molar-refractivity contribution in [2.45, 2.75) is 70.7 Å². The fraction of sp³-hybridized carbons (Fsp3) is 0.405. The van der Waals surface area contributed by atoms with Gasteiger partial charge in [-0.25, -0.2) is 4.79 Å². The van der Waals surface area contributed by atoms with Crippen LogP contribution in [0.15, 0.2) is 78.9 Å². The third-order valence-corrected chi connectivity index (χ3v) is 8.40. The topological polar surface area (TPSA) is 155 Å². The van der Waals surface area contributed by atoms with E-state index in [-0.39, 0.29) is 32.4 Å². The summed E-state index contributed by atoms with van der Waals surface area (Å²) in [5.74, 6) is -0.845. The molecule has 1 fully saturated rings. The van der Waals surface area contributed by atoms with Gasteiger partial charge in [-0.05, 0) is 92.4 Å². The Kier molecular flexibility index (Phi) is 14.3. The van der Waals surface area contributed by atoms with Gasteiger partial charge >= 0.3 is 12.1 Å². The number of aryl methyl sites for hydroxylation is 2. The van der Waals surface area contributed by atoms with Crippen molar-refractivity contribution in [1.29, 1.82) is 0 Å². The smallest absolute Gasteiger partial charge is 0.408 e. The Morgan fingerprint density at radius 3 is 2.29 bits per heavy atom. The quantitative estimate of drug-likeness (QED) is 0.136. The van der Waals surface area contributed by atoms with Gasteiger partial charge in [0.2, 0.25) is 11.8 Å². The van der Waals surface area contributed by atoms with E-state index in [0.29, 0.717) is 18.9 Å². The predicted octanol–water partition coefficient (Wildman–Crippen LogP) is 4.27. The summed E-state index contributed by atoms with van der Waals surface area (Å²) < 4.78 is 11.3. The fourth-order valence-electron chi connectivity index (χ4n) is 5.48. The van der Waals surface area contributed by atoms with Gasteiger partial charge in [-0.3, -0.25) is 14.4 Å². The van der Waals surface area contributed by atoms with Crippen molar-refractivity contribution in [3.63, 3.8) is 0 Å². The van der Waals surface area contributed by atoms with Gasteiger partial charge in [-0.15, -0.1) is 0 Å². The van der Waals surface area contributed by atoms with Crippen molar-refractivity contribution in [2.24, 2.45) is 5.92 Å². The van der Waals surface area contributed by atoms with Crippen molar-refractivity contribution < 1.29 is 33.8 Å². The summed E-state index contributed by atoms with van der Waals surface area (Å²) in [6, 6.07) is 22.2. The third-order valence-electron chi connectivity index (χ3n) is 8.40. The summed E-state index contributed by atoms with van der Waals surface area (Å²) in [5.41, 5.74) is 3.62. The Morgan fingerprint density at radius 2 is 1.60 bits per heavy atom. The molecule has 5 N–H and O–H groups in total. The summed E-state index contributed by atoms with van der Waals surface area (Å²) in [5, 5.41) is 20.8. The molecule has 11 heteroatoms. The molecule has 48 heavy (non-hydrogen) atoms. The van der Waals surface area contributed by atoms with E-state index in [9.17, 15) is 24.3 Å². The molecule has 1 aliphatic heterocycles. The van der Waals surface area contributed by atoms with E-state index in [1.54, 1.807) is 12.1 Å². The molecule has 2 unspecified atom stereocenters. The van der Waals surface area contributed by atoms with E-state index in [1.165, 1.54) is 0 Å². The van der Waals surface area contributed by atoms with Gasteiger partial charge in [0.25, 0.3) is 0 Å². The largest absolute Gasteiger partial charge is 0.494 e. The van der Waals surface area contributed by atoms with Crippen LogP contribution in [0.25, 0.3) is 0 Å². The maximum absolute atomic E-state index is 13.6. The second kappa shape index (κ2) is 19.0. The lowest BCUT2D eigenvalue weighted by Crippen LogP contribution is -2.54. The molecular formula is C37H46N4O7. The first kappa shape index (κ1) is 35.9. The molecular weight excluding hydrogens is 612 g/mol. The second-order valence-electron chi connectivity index (χ2n) is 12.1. The Balaban J connectivity index is 1.39. The fourth-order valence-corrected chi connectivity index (χ4v) is 5.48. The van der Waals surface area contributed by atoms with Crippen molar-refractivity contribution in [3.05, 3.63) is 101 Å². The summed E-state index contributed by atoms with van der Waals surface area (Å²) in [6.45, 7) is 4.84. The summed E-state index contributed by atoms with van der Waals surface area (Å²) in [7, 11) is 0. The van der Waals surface area contributed by atoms with Crippen LogP contribution < -0.4 is 26.0 Å². The average Bonchev–Trinajstić information content (AvgIpc) is 3.62. The first-order valence-corrected chi connectivity index (χ1v) is 16.5. The summed E-state index contributed by atoms with van der Waals surface area (Å²) >= 11 is 0. The molecule has 3 atom stereocenters. The van der Waals surface area contributed by atoms with E-state index in [0.717, 1.165) is 53.9 Å². The van der Waals surface area contributed by atoms with Crippen LogP contribution in [0.2, 0.25) is 0 Å². The van der Waals surface area contributed by atoms with E-state index < -0.39 is 36.0 Å². The highest BCUT2D eigenvalue weighted by Crippen LogP contribution is 2.19. The maximum Gasteiger partial charge on any atom is 0.408 e. The Morgan fingerprint density at radius 1 is 0.896 bits per heavy atom. The zero-order chi connectivity index (χ0) is 34.1. The molecule has 0 bridgehead atoms. The van der Waals surface area contributed by atoms with E-state index >= 15 is 0 Å². The molecule has 0 spiro atoms. The Labute approximate surface area is 281 Å². The zero-order valence-electron chi connectivity index (χ0n) is 27.4.